The Hall–Kier alpha value is -1.60. The van der Waals surface area contributed by atoms with Crippen LogP contribution in [0.25, 0.3) is 0 Å². The molecule has 1 aromatic rings. The topological polar surface area (TPSA) is 44.1 Å². The second-order valence-electron chi connectivity index (χ2n) is 5.32. The van der Waals surface area contributed by atoms with Gasteiger partial charge >= 0.3 is 5.97 Å². The number of nitrogens with zero attached hydrogens (tertiary/aromatic N) is 2. The van der Waals surface area contributed by atoms with Gasteiger partial charge in [-0.25, -0.2) is 8.78 Å². The van der Waals surface area contributed by atoms with Gasteiger partial charge < -0.3 is 4.74 Å². The van der Waals surface area contributed by atoms with Crippen molar-refractivity contribution in [1.82, 2.24) is 9.78 Å². The van der Waals surface area contributed by atoms with Crippen molar-refractivity contribution in [3.05, 3.63) is 17.0 Å². The molecule has 0 amide bonds. The molecule has 0 saturated heterocycles. The van der Waals surface area contributed by atoms with Gasteiger partial charge in [0.05, 0.1) is 6.61 Å². The van der Waals surface area contributed by atoms with Crippen molar-refractivity contribution < 1.29 is 27.1 Å². The molecule has 1 heterocycles. The molecule has 8 heteroatoms. The standard InChI is InChI=1S/C13H14F4N2O2/c1-2-21-8(20)5-19-11-9(10(18-19)12(14)15)6-3-4-7(6)13(11,16)17/h6-7,12H,2-5H2,1H3/t6-,7+/m0/s1. The number of rotatable bonds is 4. The van der Waals surface area contributed by atoms with Gasteiger partial charge in [0.1, 0.15) is 17.9 Å². The van der Waals surface area contributed by atoms with Gasteiger partial charge in [-0.15, -0.1) is 0 Å². The number of hydrogen-bond donors (Lipinski definition) is 0. The van der Waals surface area contributed by atoms with Crippen LogP contribution in [0.5, 0.6) is 0 Å². The molecule has 1 fully saturated rings. The van der Waals surface area contributed by atoms with Crippen LogP contribution in [0, 0.1) is 5.92 Å². The average molecular weight is 306 g/mol. The minimum absolute atomic E-state index is 0.0597. The van der Waals surface area contributed by atoms with Crippen LogP contribution in [0.4, 0.5) is 17.6 Å². The van der Waals surface area contributed by atoms with Gasteiger partial charge in [0.25, 0.3) is 12.3 Å². The summed E-state index contributed by atoms with van der Waals surface area (Å²) in [6, 6.07) is 0. The maximum atomic E-state index is 14.3. The molecular formula is C13H14F4N2O2. The van der Waals surface area contributed by atoms with Crippen molar-refractivity contribution in [1.29, 1.82) is 0 Å². The van der Waals surface area contributed by atoms with Gasteiger partial charge in [-0.2, -0.15) is 13.9 Å². The molecule has 0 spiro atoms. The predicted molar refractivity (Wildman–Crippen MR) is 63.2 cm³/mol. The fourth-order valence-electron chi connectivity index (χ4n) is 3.27. The summed E-state index contributed by atoms with van der Waals surface area (Å²) in [6.45, 7) is 1.09. The second kappa shape index (κ2) is 4.71. The molecule has 2 atom stereocenters. The normalized spacial score (nSPS) is 25.4. The monoisotopic (exact) mass is 306 g/mol. The van der Waals surface area contributed by atoms with Gasteiger partial charge in [0.15, 0.2) is 0 Å². The zero-order valence-electron chi connectivity index (χ0n) is 11.3. The lowest BCUT2D eigenvalue weighted by molar-refractivity contribution is -0.144. The summed E-state index contributed by atoms with van der Waals surface area (Å²) in [5, 5.41) is 3.55. The van der Waals surface area contributed by atoms with Gasteiger partial charge in [-0.1, -0.05) is 0 Å². The molecule has 4 nitrogen and oxygen atoms in total. The Labute approximate surface area is 118 Å². The molecule has 116 valence electrons. The maximum Gasteiger partial charge on any atom is 0.327 e. The second-order valence-corrected chi connectivity index (χ2v) is 5.32. The van der Waals surface area contributed by atoms with Crippen molar-refractivity contribution in [3.63, 3.8) is 0 Å². The van der Waals surface area contributed by atoms with E-state index in [2.05, 4.69) is 9.84 Å². The third kappa shape index (κ3) is 1.95. The first kappa shape index (κ1) is 14.3. The lowest BCUT2D eigenvalue weighted by atomic mass is 9.73. The van der Waals surface area contributed by atoms with Crippen molar-refractivity contribution >= 4 is 5.97 Å². The summed E-state index contributed by atoms with van der Waals surface area (Å²) in [6.07, 6.45) is -2.18. The Morgan fingerprint density at radius 3 is 2.71 bits per heavy atom. The molecule has 0 bridgehead atoms. The molecule has 0 radical (unpaired) electrons. The number of fused-ring (bicyclic) bond motifs is 3. The van der Waals surface area contributed by atoms with E-state index < -0.39 is 48.1 Å². The van der Waals surface area contributed by atoms with Crippen LogP contribution in [0.15, 0.2) is 0 Å². The quantitative estimate of drug-likeness (QED) is 0.634. The Morgan fingerprint density at radius 1 is 1.48 bits per heavy atom. The fourth-order valence-corrected chi connectivity index (χ4v) is 3.27. The summed E-state index contributed by atoms with van der Waals surface area (Å²) in [5.41, 5.74) is -1.21. The van der Waals surface area contributed by atoms with Crippen molar-refractivity contribution in [2.24, 2.45) is 5.92 Å². The van der Waals surface area contributed by atoms with E-state index in [4.69, 9.17) is 0 Å². The van der Waals surface area contributed by atoms with Crippen LogP contribution < -0.4 is 0 Å². The number of aromatic nitrogens is 2. The van der Waals surface area contributed by atoms with Crippen molar-refractivity contribution in [2.45, 2.75) is 44.6 Å². The molecule has 2 aliphatic rings. The van der Waals surface area contributed by atoms with Gasteiger partial charge in [0.2, 0.25) is 0 Å². The summed E-state index contributed by atoms with van der Waals surface area (Å²) in [4.78, 5) is 11.5. The number of esters is 1. The number of alkyl halides is 4. The van der Waals surface area contributed by atoms with Crippen LogP contribution in [0.3, 0.4) is 0 Å². The van der Waals surface area contributed by atoms with Crippen LogP contribution in [0.2, 0.25) is 0 Å². The predicted octanol–water partition coefficient (Wildman–Crippen LogP) is 2.98. The lowest BCUT2D eigenvalue weighted by Gasteiger charge is -2.34. The minimum Gasteiger partial charge on any atom is -0.465 e. The Morgan fingerprint density at radius 2 is 2.19 bits per heavy atom. The third-order valence-electron chi connectivity index (χ3n) is 4.24. The minimum atomic E-state index is -3.22. The van der Waals surface area contributed by atoms with Crippen LogP contribution in [0.1, 0.15) is 49.1 Å². The van der Waals surface area contributed by atoms with E-state index >= 15 is 0 Å². The SMILES string of the molecule is CCOC(=O)Cn1nc(C(F)F)c2c1C(F)(F)[C@@H]1CC[C@H]21. The highest BCUT2D eigenvalue weighted by atomic mass is 19.3. The van der Waals surface area contributed by atoms with E-state index in [9.17, 15) is 22.4 Å². The molecule has 0 aliphatic heterocycles. The average Bonchev–Trinajstić information content (AvgIpc) is 2.73. The van der Waals surface area contributed by atoms with Gasteiger partial charge in [0, 0.05) is 11.5 Å². The first-order valence-corrected chi connectivity index (χ1v) is 6.80. The molecule has 21 heavy (non-hydrogen) atoms. The Balaban J connectivity index is 2.05. The van der Waals surface area contributed by atoms with E-state index in [0.717, 1.165) is 0 Å². The van der Waals surface area contributed by atoms with Crippen LogP contribution in [-0.2, 0) is 22.0 Å². The first-order chi connectivity index (χ1) is 9.87. The summed E-state index contributed by atoms with van der Waals surface area (Å²) in [5.74, 6) is -5.50. The van der Waals surface area contributed by atoms with Crippen molar-refractivity contribution in [2.75, 3.05) is 6.61 Å². The van der Waals surface area contributed by atoms with E-state index in [1.165, 1.54) is 0 Å². The highest BCUT2D eigenvalue weighted by Crippen LogP contribution is 2.63. The highest BCUT2D eigenvalue weighted by Gasteiger charge is 2.62. The smallest absolute Gasteiger partial charge is 0.327 e. The molecule has 0 aromatic carbocycles. The van der Waals surface area contributed by atoms with E-state index in [-0.39, 0.29) is 12.2 Å². The maximum absolute atomic E-state index is 14.3. The van der Waals surface area contributed by atoms with E-state index in [1.54, 1.807) is 6.92 Å². The number of halogens is 4. The van der Waals surface area contributed by atoms with E-state index in [0.29, 0.717) is 17.5 Å². The zero-order valence-corrected chi connectivity index (χ0v) is 11.3. The lowest BCUT2D eigenvalue weighted by Crippen LogP contribution is -2.33. The highest BCUT2D eigenvalue weighted by molar-refractivity contribution is 5.69. The van der Waals surface area contributed by atoms with Gasteiger partial charge in [-0.3, -0.25) is 9.48 Å². The number of ether oxygens (including phenoxy) is 1. The Bertz CT molecular complexity index is 585. The molecule has 1 aromatic heterocycles. The molecule has 2 aliphatic carbocycles. The summed E-state index contributed by atoms with van der Waals surface area (Å²) >= 11 is 0. The molecule has 1 saturated carbocycles. The number of carbonyl (C=O) groups is 1. The summed E-state index contributed by atoms with van der Waals surface area (Å²) in [7, 11) is 0. The number of hydrogen-bond acceptors (Lipinski definition) is 3. The molecular weight excluding hydrogens is 292 g/mol. The van der Waals surface area contributed by atoms with Crippen LogP contribution >= 0.6 is 0 Å². The third-order valence-corrected chi connectivity index (χ3v) is 4.24. The molecule has 0 N–H and O–H groups in total. The molecule has 3 rings (SSSR count). The summed E-state index contributed by atoms with van der Waals surface area (Å²) < 4.78 is 60.2. The largest absolute Gasteiger partial charge is 0.465 e. The van der Waals surface area contributed by atoms with Crippen molar-refractivity contribution in [3.8, 4) is 0 Å². The molecule has 0 unspecified atom stereocenters. The Kier molecular flexibility index (Phi) is 3.22. The van der Waals surface area contributed by atoms with Crippen LogP contribution in [-0.4, -0.2) is 22.4 Å². The van der Waals surface area contributed by atoms with Gasteiger partial charge in [-0.05, 0) is 25.7 Å². The van der Waals surface area contributed by atoms with E-state index in [1.807, 2.05) is 0 Å². The number of carbonyl (C=O) groups excluding carboxylic acids is 1. The fraction of sp³-hybridized carbons (Fsp3) is 0.692. The zero-order chi connectivity index (χ0) is 15.4. The first-order valence-electron chi connectivity index (χ1n) is 6.80.